The first-order valence-electron chi connectivity index (χ1n) is 20.2. The van der Waals surface area contributed by atoms with Gasteiger partial charge in [0.1, 0.15) is 0 Å². The molecule has 0 aromatic heterocycles. The number of aryl methyl sites for hydroxylation is 2. The highest BCUT2D eigenvalue weighted by molar-refractivity contribution is 7.63. The van der Waals surface area contributed by atoms with Gasteiger partial charge in [0.05, 0.1) is 37.0 Å². The van der Waals surface area contributed by atoms with Crippen LogP contribution in [0.3, 0.4) is 0 Å². The van der Waals surface area contributed by atoms with Gasteiger partial charge in [0.25, 0.3) is 0 Å². The zero-order valence-electron chi connectivity index (χ0n) is 33.4. The summed E-state index contributed by atoms with van der Waals surface area (Å²) < 4.78 is 55.8. The minimum Gasteiger partial charge on any atom is -0.305 e. The summed E-state index contributed by atoms with van der Waals surface area (Å²) in [6.07, 6.45) is 0.862. The number of hydrogen-bond acceptors (Lipinski definition) is 6. The van der Waals surface area contributed by atoms with Crippen molar-refractivity contribution < 1.29 is 27.2 Å². The maximum atomic E-state index is 15.4. The fraction of sp³-hybridized carbons (Fsp3) is 0.200. The van der Waals surface area contributed by atoms with Gasteiger partial charge in [0, 0.05) is 11.1 Å². The van der Waals surface area contributed by atoms with Crippen molar-refractivity contribution in [3.63, 3.8) is 0 Å². The molecule has 6 nitrogen and oxygen atoms in total. The first-order chi connectivity index (χ1) is 28.3. The van der Waals surface area contributed by atoms with Crippen LogP contribution in [0.15, 0.2) is 146 Å². The molecule has 294 valence electrons. The standard InChI is InChI=1S/C50H48O6P2/c1-5-53-57(51,54-6-2)49-39(33-37-21-11-15-27-43(37)47(49)45-29-17-23-35-19-9-13-25-41(35)45)31-32-40-34-38-22-12-16-28-44(38)48(50(40)58(52,55-7-3)56-8-4)46-30-18-24-36-20-10-14-26-42(36)46/h9-30,33-34H,5-8,31-32H2,1-4H3. The van der Waals surface area contributed by atoms with Crippen LogP contribution in [0.25, 0.3) is 65.3 Å². The molecule has 0 spiro atoms. The van der Waals surface area contributed by atoms with Crippen molar-refractivity contribution in [2.75, 3.05) is 26.4 Å². The van der Waals surface area contributed by atoms with Gasteiger partial charge in [0.2, 0.25) is 0 Å². The highest BCUT2D eigenvalue weighted by Crippen LogP contribution is 2.54. The minimum absolute atomic E-state index is 0.202. The van der Waals surface area contributed by atoms with Crippen molar-refractivity contribution in [2.45, 2.75) is 40.5 Å². The summed E-state index contributed by atoms with van der Waals surface area (Å²) in [5.41, 5.74) is 5.24. The van der Waals surface area contributed by atoms with Crippen molar-refractivity contribution in [1.29, 1.82) is 0 Å². The molecule has 0 saturated heterocycles. The molecule has 0 aliphatic rings. The average Bonchev–Trinajstić information content (AvgIpc) is 3.24. The Morgan fingerprint density at radius 3 is 1.05 bits per heavy atom. The summed E-state index contributed by atoms with van der Waals surface area (Å²) >= 11 is 0. The van der Waals surface area contributed by atoms with Crippen molar-refractivity contribution in [3.8, 4) is 22.3 Å². The highest BCUT2D eigenvalue weighted by Gasteiger charge is 2.37. The van der Waals surface area contributed by atoms with Crippen molar-refractivity contribution in [1.82, 2.24) is 0 Å². The molecule has 0 fully saturated rings. The number of fused-ring (bicyclic) bond motifs is 4. The normalized spacial score (nSPS) is 12.3. The first kappa shape index (κ1) is 39.9. The van der Waals surface area contributed by atoms with Crippen molar-refractivity contribution in [3.05, 3.63) is 157 Å². The summed E-state index contributed by atoms with van der Waals surface area (Å²) in [7, 11) is -7.82. The van der Waals surface area contributed by atoms with E-state index in [9.17, 15) is 0 Å². The Morgan fingerprint density at radius 1 is 0.379 bits per heavy atom. The van der Waals surface area contributed by atoms with Gasteiger partial charge in [-0.15, -0.1) is 0 Å². The molecule has 8 aromatic carbocycles. The van der Waals surface area contributed by atoms with Gasteiger partial charge in [-0.1, -0.05) is 146 Å². The van der Waals surface area contributed by atoms with Gasteiger partial charge in [-0.25, -0.2) is 0 Å². The molecular formula is C50H48O6P2. The van der Waals surface area contributed by atoms with Gasteiger partial charge in [-0.3, -0.25) is 9.13 Å². The maximum absolute atomic E-state index is 15.4. The Labute approximate surface area is 340 Å². The van der Waals surface area contributed by atoms with Crippen LogP contribution < -0.4 is 10.6 Å². The van der Waals surface area contributed by atoms with Crippen LogP contribution in [0.5, 0.6) is 0 Å². The summed E-state index contributed by atoms with van der Waals surface area (Å²) in [6.45, 7) is 8.19. The van der Waals surface area contributed by atoms with Gasteiger partial charge in [0.15, 0.2) is 0 Å². The molecule has 0 unspecified atom stereocenters. The predicted molar refractivity (Wildman–Crippen MR) is 242 cm³/mol. The Hall–Kier alpha value is -4.90. The molecule has 0 radical (unpaired) electrons. The number of benzene rings is 8. The smallest absolute Gasteiger partial charge is 0.305 e. The van der Waals surface area contributed by atoms with E-state index < -0.39 is 15.2 Å². The predicted octanol–water partition coefficient (Wildman–Crippen LogP) is 13.2. The van der Waals surface area contributed by atoms with Crippen LogP contribution in [0, 0.1) is 0 Å². The summed E-state index contributed by atoms with van der Waals surface area (Å²) in [5, 5.41) is 9.28. The topological polar surface area (TPSA) is 71.1 Å². The molecule has 8 heteroatoms. The quantitative estimate of drug-likeness (QED) is 0.0961. The monoisotopic (exact) mass is 806 g/mol. The van der Waals surface area contributed by atoms with E-state index in [4.69, 9.17) is 18.1 Å². The third kappa shape index (κ3) is 7.35. The molecule has 8 aromatic rings. The number of rotatable bonds is 15. The van der Waals surface area contributed by atoms with E-state index >= 15 is 9.13 Å². The zero-order valence-corrected chi connectivity index (χ0v) is 35.2. The van der Waals surface area contributed by atoms with E-state index in [1.54, 1.807) is 0 Å². The molecule has 0 aliphatic heterocycles. The molecule has 0 bridgehead atoms. The first-order valence-corrected chi connectivity index (χ1v) is 23.3. The second kappa shape index (κ2) is 17.1. The zero-order chi connectivity index (χ0) is 40.3. The van der Waals surface area contributed by atoms with Crippen LogP contribution in [0.2, 0.25) is 0 Å². The third-order valence-corrected chi connectivity index (χ3v) is 15.2. The highest BCUT2D eigenvalue weighted by atomic mass is 31.2. The Bertz CT molecular complexity index is 2660. The minimum atomic E-state index is -3.91. The second-order valence-electron chi connectivity index (χ2n) is 14.2. The van der Waals surface area contributed by atoms with Crippen molar-refractivity contribution >= 4 is 68.9 Å². The Kier molecular flexibility index (Phi) is 11.8. The van der Waals surface area contributed by atoms with E-state index in [0.29, 0.717) is 23.5 Å². The molecule has 0 atom stereocenters. The molecular weight excluding hydrogens is 758 g/mol. The van der Waals surface area contributed by atoms with E-state index in [-0.39, 0.29) is 26.4 Å². The van der Waals surface area contributed by atoms with E-state index in [1.165, 1.54) is 0 Å². The van der Waals surface area contributed by atoms with Crippen LogP contribution in [-0.2, 0) is 40.1 Å². The van der Waals surface area contributed by atoms with E-state index in [2.05, 4.69) is 84.9 Å². The molecule has 58 heavy (non-hydrogen) atoms. The van der Waals surface area contributed by atoms with E-state index in [1.807, 2.05) is 88.4 Å². The SMILES string of the molecule is CCOP(=O)(OCC)c1c(CCc2cc3ccccc3c(-c3cccc4ccccc34)c2P(=O)(OCC)OCC)cc2ccccc2c1-c1cccc2ccccc12. The lowest BCUT2D eigenvalue weighted by Gasteiger charge is -2.27. The summed E-state index contributed by atoms with van der Waals surface area (Å²) in [6, 6.07) is 49.7. The lowest BCUT2D eigenvalue weighted by molar-refractivity contribution is 0.228. The Morgan fingerprint density at radius 2 is 0.690 bits per heavy atom. The fourth-order valence-corrected chi connectivity index (χ4v) is 12.6. The molecule has 8 rings (SSSR count). The van der Waals surface area contributed by atoms with Crippen LogP contribution in [0.4, 0.5) is 0 Å². The molecule has 0 amide bonds. The van der Waals surface area contributed by atoms with Crippen LogP contribution in [0.1, 0.15) is 38.8 Å². The molecule has 0 aliphatic carbocycles. The second-order valence-corrected chi connectivity index (χ2v) is 18.1. The fourth-order valence-electron chi connectivity index (χ4n) is 8.51. The molecule has 0 saturated carbocycles. The van der Waals surface area contributed by atoms with Crippen LogP contribution >= 0.6 is 15.2 Å². The lowest BCUT2D eigenvalue weighted by Crippen LogP contribution is -2.22. The number of hydrogen-bond donors (Lipinski definition) is 0. The van der Waals surface area contributed by atoms with E-state index in [0.717, 1.165) is 76.5 Å². The van der Waals surface area contributed by atoms with Crippen molar-refractivity contribution in [2.24, 2.45) is 0 Å². The largest absolute Gasteiger partial charge is 0.362 e. The Balaban J connectivity index is 1.43. The summed E-state index contributed by atoms with van der Waals surface area (Å²) in [5.74, 6) is 0. The maximum Gasteiger partial charge on any atom is 0.362 e. The molecule has 0 heterocycles. The summed E-state index contributed by atoms with van der Waals surface area (Å²) in [4.78, 5) is 0. The third-order valence-electron chi connectivity index (χ3n) is 10.7. The van der Waals surface area contributed by atoms with Gasteiger partial charge in [-0.2, -0.15) is 0 Å². The average molecular weight is 807 g/mol. The van der Waals surface area contributed by atoms with Crippen LogP contribution in [-0.4, -0.2) is 26.4 Å². The van der Waals surface area contributed by atoms with Gasteiger partial charge < -0.3 is 18.1 Å². The lowest BCUT2D eigenvalue weighted by atomic mass is 9.89. The molecule has 0 N–H and O–H groups in total. The van der Waals surface area contributed by atoms with Gasteiger partial charge >= 0.3 is 15.2 Å². The van der Waals surface area contributed by atoms with Gasteiger partial charge in [-0.05, 0) is 106 Å².